The zero-order valence-corrected chi connectivity index (χ0v) is 12.5. The van der Waals surface area contributed by atoms with Crippen molar-refractivity contribution >= 4 is 11.9 Å². The highest BCUT2D eigenvalue weighted by Crippen LogP contribution is 2.17. The molecule has 2 unspecified atom stereocenters. The van der Waals surface area contributed by atoms with E-state index in [-0.39, 0.29) is 23.3 Å². The summed E-state index contributed by atoms with van der Waals surface area (Å²) in [6, 6.07) is 1.33. The summed E-state index contributed by atoms with van der Waals surface area (Å²) in [4.78, 5) is 23.1. The Morgan fingerprint density at radius 3 is 2.45 bits per heavy atom. The molecule has 112 valence electrons. The van der Waals surface area contributed by atoms with Crippen LogP contribution in [0.15, 0.2) is 10.5 Å². The molecule has 0 radical (unpaired) electrons. The van der Waals surface area contributed by atoms with Crippen molar-refractivity contribution in [2.45, 2.75) is 53.0 Å². The van der Waals surface area contributed by atoms with Crippen molar-refractivity contribution in [1.29, 1.82) is 0 Å². The number of aryl methyl sites for hydroxylation is 1. The molecule has 5 heteroatoms. The largest absolute Gasteiger partial charge is 0.478 e. The first-order valence-corrected chi connectivity index (χ1v) is 7.05. The molecule has 2 N–H and O–H groups in total. The summed E-state index contributed by atoms with van der Waals surface area (Å²) >= 11 is 0. The SMILES string of the molecule is CCc1oc(C(=O)NC(C)CC(C)CC)cc1C(=O)O. The normalized spacial score (nSPS) is 13.8. The molecule has 0 saturated heterocycles. The van der Waals surface area contributed by atoms with Gasteiger partial charge in [0.1, 0.15) is 11.3 Å². The third kappa shape index (κ3) is 4.11. The lowest BCUT2D eigenvalue weighted by molar-refractivity contribution is 0.0694. The highest BCUT2D eigenvalue weighted by molar-refractivity contribution is 5.96. The summed E-state index contributed by atoms with van der Waals surface area (Å²) in [7, 11) is 0. The molecular formula is C15H23NO4. The number of rotatable bonds is 7. The number of amides is 1. The molecule has 0 bridgehead atoms. The van der Waals surface area contributed by atoms with Crippen molar-refractivity contribution < 1.29 is 19.1 Å². The van der Waals surface area contributed by atoms with Gasteiger partial charge in [0.25, 0.3) is 5.91 Å². The van der Waals surface area contributed by atoms with Crippen LogP contribution >= 0.6 is 0 Å². The van der Waals surface area contributed by atoms with Gasteiger partial charge in [0, 0.05) is 18.5 Å². The van der Waals surface area contributed by atoms with E-state index in [1.54, 1.807) is 6.92 Å². The molecule has 2 atom stereocenters. The summed E-state index contributed by atoms with van der Waals surface area (Å²) in [6.45, 7) is 7.97. The van der Waals surface area contributed by atoms with E-state index in [1.807, 2.05) is 6.92 Å². The molecule has 0 aliphatic carbocycles. The first-order chi connectivity index (χ1) is 9.38. The van der Waals surface area contributed by atoms with Gasteiger partial charge in [-0.05, 0) is 19.3 Å². The highest BCUT2D eigenvalue weighted by Gasteiger charge is 2.21. The average Bonchev–Trinajstić information content (AvgIpc) is 2.82. The van der Waals surface area contributed by atoms with Crippen molar-refractivity contribution in [3.8, 4) is 0 Å². The molecule has 0 spiro atoms. The molecule has 0 fully saturated rings. The zero-order valence-electron chi connectivity index (χ0n) is 12.5. The predicted octanol–water partition coefficient (Wildman–Crippen LogP) is 3.09. The Morgan fingerprint density at radius 1 is 1.35 bits per heavy atom. The maximum atomic E-state index is 12.0. The van der Waals surface area contributed by atoms with Gasteiger partial charge in [-0.25, -0.2) is 4.79 Å². The molecule has 0 aromatic carbocycles. The number of carboxylic acid groups (broad SMARTS) is 1. The average molecular weight is 281 g/mol. The Morgan fingerprint density at radius 2 is 2.00 bits per heavy atom. The maximum absolute atomic E-state index is 12.0. The van der Waals surface area contributed by atoms with Crippen LogP contribution in [0.25, 0.3) is 0 Å². The van der Waals surface area contributed by atoms with Gasteiger partial charge in [0.2, 0.25) is 0 Å². The highest BCUT2D eigenvalue weighted by atomic mass is 16.4. The topological polar surface area (TPSA) is 79.5 Å². The summed E-state index contributed by atoms with van der Waals surface area (Å²) in [5.41, 5.74) is 0.0622. The summed E-state index contributed by atoms with van der Waals surface area (Å²) in [6.07, 6.45) is 2.39. The van der Waals surface area contributed by atoms with E-state index in [0.29, 0.717) is 18.1 Å². The van der Waals surface area contributed by atoms with E-state index in [1.165, 1.54) is 6.07 Å². The van der Waals surface area contributed by atoms with Crippen LogP contribution in [-0.4, -0.2) is 23.0 Å². The number of furan rings is 1. The monoisotopic (exact) mass is 281 g/mol. The van der Waals surface area contributed by atoms with Gasteiger partial charge >= 0.3 is 5.97 Å². The van der Waals surface area contributed by atoms with Gasteiger partial charge in [-0.2, -0.15) is 0 Å². The van der Waals surface area contributed by atoms with E-state index in [0.717, 1.165) is 12.8 Å². The fourth-order valence-corrected chi connectivity index (χ4v) is 2.11. The van der Waals surface area contributed by atoms with Gasteiger partial charge in [0.05, 0.1) is 0 Å². The van der Waals surface area contributed by atoms with Crippen LogP contribution in [0.1, 0.15) is 67.2 Å². The van der Waals surface area contributed by atoms with Crippen molar-refractivity contribution in [3.63, 3.8) is 0 Å². The number of carbonyl (C=O) groups is 2. The fraction of sp³-hybridized carbons (Fsp3) is 0.600. The van der Waals surface area contributed by atoms with Crippen molar-refractivity contribution in [3.05, 3.63) is 23.2 Å². The lowest BCUT2D eigenvalue weighted by Crippen LogP contribution is -2.33. The minimum absolute atomic E-state index is 0.0286. The Hall–Kier alpha value is -1.78. The Balaban J connectivity index is 2.75. The summed E-state index contributed by atoms with van der Waals surface area (Å²) in [5, 5.41) is 11.9. The second kappa shape index (κ2) is 7.12. The van der Waals surface area contributed by atoms with Gasteiger partial charge in [-0.3, -0.25) is 4.79 Å². The Bertz CT molecular complexity index is 478. The number of hydrogen-bond acceptors (Lipinski definition) is 3. The smallest absolute Gasteiger partial charge is 0.339 e. The van der Waals surface area contributed by atoms with E-state index in [4.69, 9.17) is 9.52 Å². The molecule has 5 nitrogen and oxygen atoms in total. The van der Waals surface area contributed by atoms with Crippen molar-refractivity contribution in [2.75, 3.05) is 0 Å². The zero-order chi connectivity index (χ0) is 15.3. The van der Waals surface area contributed by atoms with Gasteiger partial charge in [-0.15, -0.1) is 0 Å². The minimum Gasteiger partial charge on any atom is -0.478 e. The van der Waals surface area contributed by atoms with Crippen LogP contribution in [0.2, 0.25) is 0 Å². The number of carboxylic acids is 1. The van der Waals surface area contributed by atoms with Crippen molar-refractivity contribution in [1.82, 2.24) is 5.32 Å². The summed E-state index contributed by atoms with van der Waals surface area (Å²) < 4.78 is 5.33. The Labute approximate surface area is 119 Å². The van der Waals surface area contributed by atoms with Crippen LogP contribution in [0.5, 0.6) is 0 Å². The van der Waals surface area contributed by atoms with Crippen LogP contribution in [0, 0.1) is 5.92 Å². The first kappa shape index (κ1) is 16.3. The molecule has 1 amide bonds. The molecule has 0 aliphatic rings. The standard InChI is InChI=1S/C15H23NO4/c1-5-9(3)7-10(4)16-14(17)13-8-11(15(18)19)12(6-2)20-13/h8-10H,5-7H2,1-4H3,(H,16,17)(H,18,19). The third-order valence-electron chi connectivity index (χ3n) is 3.41. The summed E-state index contributed by atoms with van der Waals surface area (Å²) in [5.74, 6) is -0.504. The fourth-order valence-electron chi connectivity index (χ4n) is 2.11. The van der Waals surface area contributed by atoms with E-state index >= 15 is 0 Å². The number of hydrogen-bond donors (Lipinski definition) is 2. The second-order valence-corrected chi connectivity index (χ2v) is 5.23. The quantitative estimate of drug-likeness (QED) is 0.805. The van der Waals surface area contributed by atoms with E-state index in [9.17, 15) is 9.59 Å². The van der Waals surface area contributed by atoms with E-state index < -0.39 is 5.97 Å². The second-order valence-electron chi connectivity index (χ2n) is 5.23. The van der Waals surface area contributed by atoms with Crippen LogP contribution in [0.3, 0.4) is 0 Å². The third-order valence-corrected chi connectivity index (χ3v) is 3.41. The molecule has 1 heterocycles. The molecule has 1 aromatic rings. The van der Waals surface area contributed by atoms with Gasteiger partial charge in [-0.1, -0.05) is 27.2 Å². The number of carbonyl (C=O) groups excluding carboxylic acids is 1. The Kier molecular flexibility index (Phi) is 5.80. The first-order valence-electron chi connectivity index (χ1n) is 7.05. The minimum atomic E-state index is -1.07. The van der Waals surface area contributed by atoms with Crippen LogP contribution in [0.4, 0.5) is 0 Å². The lowest BCUT2D eigenvalue weighted by atomic mass is 10.0. The van der Waals surface area contributed by atoms with Gasteiger partial charge < -0.3 is 14.8 Å². The predicted molar refractivity (Wildman–Crippen MR) is 76.0 cm³/mol. The lowest BCUT2D eigenvalue weighted by Gasteiger charge is -2.16. The maximum Gasteiger partial charge on any atom is 0.339 e. The van der Waals surface area contributed by atoms with Crippen molar-refractivity contribution in [2.24, 2.45) is 5.92 Å². The molecule has 20 heavy (non-hydrogen) atoms. The number of nitrogens with one attached hydrogen (secondary N) is 1. The molecule has 1 aromatic heterocycles. The van der Waals surface area contributed by atoms with E-state index in [2.05, 4.69) is 19.2 Å². The van der Waals surface area contributed by atoms with Crippen LogP contribution in [-0.2, 0) is 6.42 Å². The molecular weight excluding hydrogens is 258 g/mol. The number of aromatic carboxylic acids is 1. The molecule has 1 rings (SSSR count). The van der Waals surface area contributed by atoms with Gasteiger partial charge in [0.15, 0.2) is 5.76 Å². The van der Waals surface area contributed by atoms with Crippen LogP contribution < -0.4 is 5.32 Å². The molecule has 0 aliphatic heterocycles. The molecule has 0 saturated carbocycles.